The van der Waals surface area contributed by atoms with Crippen LogP contribution in [-0.4, -0.2) is 57.0 Å². The molecule has 110 valence electrons. The predicted molar refractivity (Wildman–Crippen MR) is 78.0 cm³/mol. The molecule has 0 spiro atoms. The Morgan fingerprint density at radius 2 is 1.79 bits per heavy atom. The Morgan fingerprint density at radius 1 is 1.11 bits per heavy atom. The summed E-state index contributed by atoms with van der Waals surface area (Å²) in [5.74, 6) is 5.80. The van der Waals surface area contributed by atoms with Gasteiger partial charge < -0.3 is 20.1 Å². The maximum atomic E-state index is 5.91. The molecule has 1 rings (SSSR count). The molecule has 1 heterocycles. The Hall–Kier alpha value is -0.600. The van der Waals surface area contributed by atoms with Crippen molar-refractivity contribution >= 4 is 0 Å². The zero-order chi connectivity index (χ0) is 13.8. The zero-order valence-electron chi connectivity index (χ0n) is 12.2. The van der Waals surface area contributed by atoms with Crippen molar-refractivity contribution in [3.05, 3.63) is 0 Å². The minimum Gasteiger partial charge on any atom is -0.379 e. The number of hydrogen-bond acceptors (Lipinski definition) is 4. The summed E-state index contributed by atoms with van der Waals surface area (Å²) in [4.78, 5) is 2.47. The Balaban J connectivity index is 1.88. The summed E-state index contributed by atoms with van der Waals surface area (Å²) in [5.41, 5.74) is 5.91. The first-order valence-corrected chi connectivity index (χ1v) is 7.36. The molecule has 2 N–H and O–H groups in total. The summed E-state index contributed by atoms with van der Waals surface area (Å²) < 4.78 is 11.0. The third-order valence-corrected chi connectivity index (χ3v) is 3.21. The van der Waals surface area contributed by atoms with Gasteiger partial charge >= 0.3 is 0 Å². The molecule has 0 bridgehead atoms. The molecule has 19 heavy (non-hydrogen) atoms. The highest BCUT2D eigenvalue weighted by atomic mass is 16.5. The lowest BCUT2D eigenvalue weighted by Crippen LogP contribution is -2.35. The van der Waals surface area contributed by atoms with E-state index >= 15 is 0 Å². The van der Waals surface area contributed by atoms with Crippen LogP contribution in [0, 0.1) is 11.8 Å². The molecule has 1 saturated heterocycles. The topological polar surface area (TPSA) is 47.7 Å². The van der Waals surface area contributed by atoms with Gasteiger partial charge in [-0.2, -0.15) is 0 Å². The van der Waals surface area contributed by atoms with Crippen LogP contribution in [0.4, 0.5) is 0 Å². The van der Waals surface area contributed by atoms with Gasteiger partial charge in [-0.15, -0.1) is 11.8 Å². The zero-order valence-corrected chi connectivity index (χ0v) is 12.2. The standard InChI is InChI=1S/C15H28N2O2/c1-2-3-7-11-18-13-15(16)14-19-12-10-17-8-5-4-6-9-17/h15H,4-14,16H2,1H3. The van der Waals surface area contributed by atoms with Gasteiger partial charge in [0.1, 0.15) is 0 Å². The van der Waals surface area contributed by atoms with Crippen molar-refractivity contribution in [2.45, 2.75) is 38.6 Å². The number of hydrogen-bond donors (Lipinski definition) is 1. The van der Waals surface area contributed by atoms with Crippen LogP contribution >= 0.6 is 0 Å². The first kappa shape index (κ1) is 16.5. The highest BCUT2D eigenvalue weighted by Gasteiger charge is 2.09. The lowest BCUT2D eigenvalue weighted by molar-refractivity contribution is 0.0562. The van der Waals surface area contributed by atoms with Crippen molar-refractivity contribution in [2.24, 2.45) is 5.73 Å². The predicted octanol–water partition coefficient (Wildman–Crippen LogP) is 1.25. The molecule has 0 saturated carbocycles. The molecule has 0 aromatic carbocycles. The fourth-order valence-corrected chi connectivity index (χ4v) is 2.14. The molecule has 0 aliphatic carbocycles. The van der Waals surface area contributed by atoms with E-state index < -0.39 is 0 Å². The Kier molecular flexibility index (Phi) is 9.74. The second kappa shape index (κ2) is 11.2. The van der Waals surface area contributed by atoms with Gasteiger partial charge in [0.05, 0.1) is 32.5 Å². The third kappa shape index (κ3) is 9.01. The quantitative estimate of drug-likeness (QED) is 0.505. The average Bonchev–Trinajstić information content (AvgIpc) is 2.44. The number of nitrogens with zero attached hydrogens (tertiary/aromatic N) is 1. The molecule has 4 heteroatoms. The summed E-state index contributed by atoms with van der Waals surface area (Å²) in [7, 11) is 0. The molecule has 0 amide bonds. The molecular formula is C15H28N2O2. The highest BCUT2D eigenvalue weighted by Crippen LogP contribution is 2.07. The fourth-order valence-electron chi connectivity index (χ4n) is 2.14. The van der Waals surface area contributed by atoms with E-state index in [1.54, 1.807) is 0 Å². The van der Waals surface area contributed by atoms with Crippen molar-refractivity contribution in [3.8, 4) is 11.8 Å². The SMILES string of the molecule is CC#CCCOCC(N)COCCN1CCCCC1. The maximum absolute atomic E-state index is 5.91. The maximum Gasteiger partial charge on any atom is 0.0640 e. The molecule has 1 aliphatic heterocycles. The minimum absolute atomic E-state index is 0.0315. The monoisotopic (exact) mass is 268 g/mol. The summed E-state index contributed by atoms with van der Waals surface area (Å²) in [6.45, 7) is 7.86. The molecule has 1 unspecified atom stereocenters. The van der Waals surface area contributed by atoms with Gasteiger partial charge in [-0.25, -0.2) is 0 Å². The van der Waals surface area contributed by atoms with E-state index in [-0.39, 0.29) is 6.04 Å². The molecule has 0 aromatic rings. The summed E-state index contributed by atoms with van der Waals surface area (Å²) in [5, 5.41) is 0. The van der Waals surface area contributed by atoms with Crippen LogP contribution in [0.1, 0.15) is 32.6 Å². The van der Waals surface area contributed by atoms with Crippen LogP contribution in [0.2, 0.25) is 0 Å². The van der Waals surface area contributed by atoms with E-state index in [2.05, 4.69) is 16.7 Å². The fraction of sp³-hybridized carbons (Fsp3) is 0.867. The molecule has 0 aromatic heterocycles. The van der Waals surface area contributed by atoms with Gasteiger partial charge in [-0.3, -0.25) is 0 Å². The number of piperidine rings is 1. The van der Waals surface area contributed by atoms with Crippen LogP contribution in [-0.2, 0) is 9.47 Å². The van der Waals surface area contributed by atoms with Crippen molar-refractivity contribution < 1.29 is 9.47 Å². The van der Waals surface area contributed by atoms with Crippen LogP contribution in [0.3, 0.4) is 0 Å². The van der Waals surface area contributed by atoms with Gasteiger partial charge in [0.25, 0.3) is 0 Å². The molecule has 1 fully saturated rings. The van der Waals surface area contributed by atoms with E-state index in [9.17, 15) is 0 Å². The third-order valence-electron chi connectivity index (χ3n) is 3.21. The second-order valence-electron chi connectivity index (χ2n) is 4.99. The minimum atomic E-state index is -0.0315. The number of rotatable bonds is 9. The van der Waals surface area contributed by atoms with Crippen molar-refractivity contribution in [2.75, 3.05) is 46.1 Å². The molecule has 0 radical (unpaired) electrons. The normalized spacial score (nSPS) is 17.8. The van der Waals surface area contributed by atoms with Crippen LogP contribution in [0.5, 0.6) is 0 Å². The van der Waals surface area contributed by atoms with Crippen LogP contribution in [0.25, 0.3) is 0 Å². The Morgan fingerprint density at radius 3 is 2.47 bits per heavy atom. The second-order valence-corrected chi connectivity index (χ2v) is 4.99. The Labute approximate surface area is 117 Å². The largest absolute Gasteiger partial charge is 0.379 e. The summed E-state index contributed by atoms with van der Waals surface area (Å²) in [6, 6.07) is -0.0315. The average molecular weight is 268 g/mol. The molecule has 1 aliphatic rings. The molecular weight excluding hydrogens is 240 g/mol. The molecule has 4 nitrogen and oxygen atoms in total. The van der Waals surface area contributed by atoms with Gasteiger partial charge in [0, 0.05) is 13.0 Å². The van der Waals surface area contributed by atoms with E-state index in [1.807, 2.05) is 6.92 Å². The van der Waals surface area contributed by atoms with Crippen LogP contribution < -0.4 is 5.73 Å². The molecule has 1 atom stereocenters. The first-order valence-electron chi connectivity index (χ1n) is 7.36. The van der Waals surface area contributed by atoms with E-state index in [4.69, 9.17) is 15.2 Å². The number of ether oxygens (including phenoxy) is 2. The number of nitrogens with two attached hydrogens (primary N) is 1. The lowest BCUT2D eigenvalue weighted by atomic mass is 10.1. The van der Waals surface area contributed by atoms with Crippen molar-refractivity contribution in [3.63, 3.8) is 0 Å². The Bertz CT molecular complexity index is 267. The smallest absolute Gasteiger partial charge is 0.0640 e. The van der Waals surface area contributed by atoms with E-state index in [0.717, 1.165) is 19.6 Å². The van der Waals surface area contributed by atoms with Crippen LogP contribution in [0.15, 0.2) is 0 Å². The van der Waals surface area contributed by atoms with E-state index in [0.29, 0.717) is 19.8 Å². The highest BCUT2D eigenvalue weighted by molar-refractivity contribution is 4.94. The summed E-state index contributed by atoms with van der Waals surface area (Å²) in [6.07, 6.45) is 4.81. The van der Waals surface area contributed by atoms with Gasteiger partial charge in [-0.05, 0) is 32.9 Å². The lowest BCUT2D eigenvalue weighted by Gasteiger charge is -2.26. The van der Waals surface area contributed by atoms with Crippen molar-refractivity contribution in [1.82, 2.24) is 4.90 Å². The van der Waals surface area contributed by atoms with E-state index in [1.165, 1.54) is 32.4 Å². The van der Waals surface area contributed by atoms with Crippen molar-refractivity contribution in [1.29, 1.82) is 0 Å². The first-order chi connectivity index (χ1) is 9.33. The van der Waals surface area contributed by atoms with Gasteiger partial charge in [0.15, 0.2) is 0 Å². The summed E-state index contributed by atoms with van der Waals surface area (Å²) >= 11 is 0. The van der Waals surface area contributed by atoms with Gasteiger partial charge in [-0.1, -0.05) is 6.42 Å². The number of likely N-dealkylation sites (tertiary alicyclic amines) is 1. The van der Waals surface area contributed by atoms with Gasteiger partial charge in [0.2, 0.25) is 0 Å².